The maximum Gasteiger partial charge on any atom is 0.234 e. The number of benzene rings is 2. The van der Waals surface area contributed by atoms with Gasteiger partial charge in [-0.15, -0.1) is 10.2 Å². The third kappa shape index (κ3) is 4.73. The number of nitrogens with zero attached hydrogens (tertiary/aromatic N) is 4. The Morgan fingerprint density at radius 3 is 2.69 bits per heavy atom. The number of rotatable bonds is 8. The van der Waals surface area contributed by atoms with Crippen LogP contribution < -0.4 is 14.8 Å². The molecule has 162 valence electrons. The Labute approximate surface area is 189 Å². The largest absolute Gasteiger partial charge is 0.497 e. The summed E-state index contributed by atoms with van der Waals surface area (Å²) in [5, 5.41) is 12.2. The first kappa shape index (κ1) is 21.4. The van der Waals surface area contributed by atoms with Crippen LogP contribution in [-0.4, -0.2) is 45.6 Å². The molecule has 0 atom stereocenters. The Bertz CT molecular complexity index is 1210. The van der Waals surface area contributed by atoms with Gasteiger partial charge in [0.2, 0.25) is 5.91 Å². The van der Waals surface area contributed by atoms with Crippen LogP contribution in [0.3, 0.4) is 0 Å². The molecule has 0 saturated carbocycles. The zero-order chi connectivity index (χ0) is 22.3. The van der Waals surface area contributed by atoms with Gasteiger partial charge in [0.25, 0.3) is 0 Å². The molecule has 1 amide bonds. The highest BCUT2D eigenvalue weighted by Gasteiger charge is 2.18. The minimum atomic E-state index is -0.178. The summed E-state index contributed by atoms with van der Waals surface area (Å²) < 4.78 is 12.6. The van der Waals surface area contributed by atoms with Gasteiger partial charge in [-0.25, -0.2) is 0 Å². The van der Waals surface area contributed by atoms with Crippen molar-refractivity contribution in [2.45, 2.75) is 5.16 Å². The van der Waals surface area contributed by atoms with E-state index in [4.69, 9.17) is 9.47 Å². The smallest absolute Gasteiger partial charge is 0.234 e. The van der Waals surface area contributed by atoms with E-state index in [1.165, 1.54) is 11.8 Å². The molecule has 8 nitrogen and oxygen atoms in total. The van der Waals surface area contributed by atoms with E-state index in [-0.39, 0.29) is 11.7 Å². The lowest BCUT2D eigenvalue weighted by Gasteiger charge is -2.12. The molecule has 0 aliphatic heterocycles. The summed E-state index contributed by atoms with van der Waals surface area (Å²) >= 11 is 1.29. The van der Waals surface area contributed by atoms with Gasteiger partial charge in [-0.2, -0.15) is 0 Å². The first-order valence-corrected chi connectivity index (χ1v) is 10.7. The number of thioether (sulfide) groups is 1. The fourth-order valence-corrected chi connectivity index (χ4v) is 3.84. The summed E-state index contributed by atoms with van der Waals surface area (Å²) in [4.78, 5) is 16.8. The molecule has 4 aromatic rings. The third-order valence-electron chi connectivity index (χ3n) is 4.58. The van der Waals surface area contributed by atoms with E-state index in [9.17, 15) is 4.79 Å². The second-order valence-electron chi connectivity index (χ2n) is 6.62. The molecular weight excluding hydrogens is 426 g/mol. The summed E-state index contributed by atoms with van der Waals surface area (Å²) in [6.45, 7) is 0. The van der Waals surface area contributed by atoms with Crippen LogP contribution in [0.25, 0.3) is 17.1 Å². The van der Waals surface area contributed by atoms with Gasteiger partial charge < -0.3 is 14.8 Å². The second-order valence-corrected chi connectivity index (χ2v) is 7.56. The monoisotopic (exact) mass is 447 g/mol. The molecule has 1 N–H and O–H groups in total. The van der Waals surface area contributed by atoms with Crippen LogP contribution in [0.2, 0.25) is 0 Å². The van der Waals surface area contributed by atoms with Crippen LogP contribution in [0.5, 0.6) is 11.5 Å². The Hall–Kier alpha value is -3.85. The van der Waals surface area contributed by atoms with Gasteiger partial charge in [0.05, 0.1) is 31.3 Å². The van der Waals surface area contributed by atoms with E-state index in [0.29, 0.717) is 28.2 Å². The minimum Gasteiger partial charge on any atom is -0.497 e. The topological polar surface area (TPSA) is 91.2 Å². The van der Waals surface area contributed by atoms with Crippen molar-refractivity contribution in [3.8, 4) is 28.6 Å². The molecule has 0 saturated heterocycles. The van der Waals surface area contributed by atoms with Crippen LogP contribution >= 0.6 is 11.8 Å². The number of methoxy groups -OCH3 is 2. The average molecular weight is 448 g/mol. The number of pyridine rings is 1. The SMILES string of the molecule is COc1cccc(-n2c(SCC(=O)Nc3ccccc3OC)nnc2-c2cccnc2)c1. The quantitative estimate of drug-likeness (QED) is 0.407. The van der Waals surface area contributed by atoms with Crippen LogP contribution in [-0.2, 0) is 4.79 Å². The number of carbonyl (C=O) groups excluding carboxylic acids is 1. The Morgan fingerprint density at radius 2 is 1.91 bits per heavy atom. The Kier molecular flexibility index (Phi) is 6.66. The molecular formula is C23H21N5O3S. The number of amides is 1. The molecule has 2 heterocycles. The highest BCUT2D eigenvalue weighted by atomic mass is 32.2. The third-order valence-corrected chi connectivity index (χ3v) is 5.51. The van der Waals surface area contributed by atoms with Crippen LogP contribution in [0.15, 0.2) is 78.2 Å². The Morgan fingerprint density at radius 1 is 1.03 bits per heavy atom. The number of para-hydroxylation sites is 2. The van der Waals surface area contributed by atoms with Gasteiger partial charge in [-0.05, 0) is 36.4 Å². The van der Waals surface area contributed by atoms with E-state index in [2.05, 4.69) is 20.5 Å². The van der Waals surface area contributed by atoms with Crippen LogP contribution in [0, 0.1) is 0 Å². The predicted molar refractivity (Wildman–Crippen MR) is 123 cm³/mol. The zero-order valence-electron chi connectivity index (χ0n) is 17.6. The molecule has 0 bridgehead atoms. The highest BCUT2D eigenvalue weighted by molar-refractivity contribution is 7.99. The number of anilines is 1. The fraction of sp³-hybridized carbons (Fsp3) is 0.130. The molecule has 2 aromatic carbocycles. The lowest BCUT2D eigenvalue weighted by molar-refractivity contribution is -0.113. The van der Waals surface area contributed by atoms with Crippen molar-refractivity contribution in [1.29, 1.82) is 0 Å². The summed E-state index contributed by atoms with van der Waals surface area (Å²) in [6, 6.07) is 18.6. The van der Waals surface area contributed by atoms with Crippen molar-refractivity contribution in [2.24, 2.45) is 0 Å². The van der Waals surface area contributed by atoms with Crippen molar-refractivity contribution in [3.05, 3.63) is 73.1 Å². The molecule has 0 fully saturated rings. The normalized spacial score (nSPS) is 10.6. The van der Waals surface area contributed by atoms with Gasteiger partial charge in [0, 0.05) is 24.0 Å². The van der Waals surface area contributed by atoms with E-state index in [1.807, 2.05) is 53.1 Å². The summed E-state index contributed by atoms with van der Waals surface area (Å²) in [5.41, 5.74) is 2.25. The molecule has 4 rings (SSSR count). The molecule has 0 spiro atoms. The molecule has 32 heavy (non-hydrogen) atoms. The summed E-state index contributed by atoms with van der Waals surface area (Å²) in [6.07, 6.45) is 3.43. The van der Waals surface area contributed by atoms with Crippen molar-refractivity contribution in [2.75, 3.05) is 25.3 Å². The van der Waals surface area contributed by atoms with Crippen molar-refractivity contribution >= 4 is 23.4 Å². The molecule has 2 aromatic heterocycles. The van der Waals surface area contributed by atoms with Gasteiger partial charge in [0.15, 0.2) is 11.0 Å². The first-order chi connectivity index (χ1) is 15.7. The van der Waals surface area contributed by atoms with Crippen LogP contribution in [0.1, 0.15) is 0 Å². The number of carbonyl (C=O) groups is 1. The highest BCUT2D eigenvalue weighted by Crippen LogP contribution is 2.29. The number of ether oxygens (including phenoxy) is 2. The van der Waals surface area contributed by atoms with E-state index >= 15 is 0 Å². The number of nitrogens with one attached hydrogen (secondary N) is 1. The first-order valence-electron chi connectivity index (χ1n) is 9.75. The van der Waals surface area contributed by atoms with Gasteiger partial charge >= 0.3 is 0 Å². The maximum atomic E-state index is 12.6. The van der Waals surface area contributed by atoms with E-state index in [0.717, 1.165) is 11.3 Å². The van der Waals surface area contributed by atoms with Crippen molar-refractivity contribution in [3.63, 3.8) is 0 Å². The minimum absolute atomic E-state index is 0.146. The average Bonchev–Trinajstić information content (AvgIpc) is 3.28. The number of aromatic nitrogens is 4. The summed E-state index contributed by atoms with van der Waals surface area (Å²) in [7, 11) is 3.18. The van der Waals surface area contributed by atoms with E-state index in [1.54, 1.807) is 38.7 Å². The molecule has 0 unspecified atom stereocenters. The second kappa shape index (κ2) is 9.97. The van der Waals surface area contributed by atoms with Crippen molar-refractivity contribution < 1.29 is 14.3 Å². The zero-order valence-corrected chi connectivity index (χ0v) is 18.4. The summed E-state index contributed by atoms with van der Waals surface area (Å²) in [5.74, 6) is 1.90. The number of hydrogen-bond donors (Lipinski definition) is 1. The van der Waals surface area contributed by atoms with Crippen LogP contribution in [0.4, 0.5) is 5.69 Å². The van der Waals surface area contributed by atoms with E-state index < -0.39 is 0 Å². The number of hydrogen-bond acceptors (Lipinski definition) is 7. The molecule has 0 radical (unpaired) electrons. The van der Waals surface area contributed by atoms with Crippen molar-refractivity contribution in [1.82, 2.24) is 19.7 Å². The standard InChI is InChI=1S/C23H21N5O3S/c1-30-18-9-5-8-17(13-18)28-22(16-7-6-12-24-14-16)26-27-23(28)32-15-21(29)25-19-10-3-4-11-20(19)31-2/h3-14H,15H2,1-2H3,(H,25,29). The molecule has 0 aliphatic rings. The van der Waals surface area contributed by atoms with Gasteiger partial charge in [0.1, 0.15) is 11.5 Å². The lowest BCUT2D eigenvalue weighted by atomic mass is 10.2. The lowest BCUT2D eigenvalue weighted by Crippen LogP contribution is -2.15. The molecule has 0 aliphatic carbocycles. The Balaban J connectivity index is 1.61. The fourth-order valence-electron chi connectivity index (χ4n) is 3.09. The van der Waals surface area contributed by atoms with Gasteiger partial charge in [-0.1, -0.05) is 30.0 Å². The maximum absolute atomic E-state index is 12.6. The molecule has 9 heteroatoms. The van der Waals surface area contributed by atoms with Gasteiger partial charge in [-0.3, -0.25) is 14.3 Å². The predicted octanol–water partition coefficient (Wildman–Crippen LogP) is 4.08.